The number of nitrogens with zero attached hydrogens (tertiary/aromatic N) is 3. The van der Waals surface area contributed by atoms with E-state index in [1.807, 2.05) is 13.1 Å². The van der Waals surface area contributed by atoms with Crippen LogP contribution in [0.5, 0.6) is 0 Å². The first kappa shape index (κ1) is 22.7. The Morgan fingerprint density at radius 2 is 2.07 bits per heavy atom. The van der Waals surface area contributed by atoms with Crippen LogP contribution in [-0.4, -0.2) is 37.7 Å². The number of aromatic amines is 1. The van der Waals surface area contributed by atoms with E-state index in [1.54, 1.807) is 11.8 Å². The molecule has 0 aliphatic carbocycles. The Hall–Kier alpha value is -1.97. The molecular weight excluding hydrogens is 418 g/mol. The molecule has 3 aromatic heterocycles. The summed E-state index contributed by atoms with van der Waals surface area (Å²) >= 11 is 2.63. The van der Waals surface area contributed by atoms with Crippen molar-refractivity contribution in [3.63, 3.8) is 0 Å². The molecule has 0 aromatic carbocycles. The first-order valence-corrected chi connectivity index (χ1v) is 11.9. The fourth-order valence-electron chi connectivity index (χ4n) is 3.44. The van der Waals surface area contributed by atoms with E-state index in [0.717, 1.165) is 41.0 Å². The van der Waals surface area contributed by atoms with Gasteiger partial charge >= 0.3 is 4.87 Å². The number of H-pyrrole nitrogens is 1. The number of nitrogens with one attached hydrogen (secondary N) is 2. The van der Waals surface area contributed by atoms with Crippen LogP contribution in [0.4, 0.5) is 5.82 Å². The van der Waals surface area contributed by atoms with Crippen molar-refractivity contribution in [2.24, 2.45) is 5.92 Å². The molecule has 7 nitrogen and oxygen atoms in total. The Labute approximate surface area is 184 Å². The van der Waals surface area contributed by atoms with Crippen LogP contribution >= 0.6 is 23.1 Å². The minimum atomic E-state index is -0.169. The lowest BCUT2D eigenvalue weighted by molar-refractivity contribution is 0.259. The molecule has 3 N–H and O–H groups in total. The van der Waals surface area contributed by atoms with Gasteiger partial charge in [-0.2, -0.15) is 0 Å². The largest absolute Gasteiger partial charge is 0.394 e. The van der Waals surface area contributed by atoms with Crippen LogP contribution in [-0.2, 0) is 0 Å². The van der Waals surface area contributed by atoms with E-state index in [2.05, 4.69) is 54.0 Å². The number of aliphatic hydroxyl groups excluding tert-OH is 1. The second-order valence-corrected chi connectivity index (χ2v) is 10.1. The van der Waals surface area contributed by atoms with Gasteiger partial charge in [0.2, 0.25) is 0 Å². The third kappa shape index (κ3) is 5.39. The van der Waals surface area contributed by atoms with Gasteiger partial charge in [0.15, 0.2) is 16.6 Å². The van der Waals surface area contributed by atoms with Crippen LogP contribution in [0, 0.1) is 19.8 Å². The topological polar surface area (TPSA) is 104 Å². The first-order valence-electron chi connectivity index (χ1n) is 10.2. The smallest absolute Gasteiger partial charge is 0.306 e. The molecule has 162 valence electrons. The number of aromatic nitrogens is 4. The third-order valence-electron chi connectivity index (χ3n) is 4.76. The quantitative estimate of drug-likeness (QED) is 0.329. The summed E-state index contributed by atoms with van der Waals surface area (Å²) in [5.41, 5.74) is 3.83. The highest BCUT2D eigenvalue weighted by Gasteiger charge is 2.21. The monoisotopic (exact) mass is 447 g/mol. The number of hydrogen-bond acceptors (Lipinski definition) is 8. The van der Waals surface area contributed by atoms with Crippen molar-refractivity contribution in [3.8, 4) is 0 Å². The summed E-state index contributed by atoms with van der Waals surface area (Å²) in [6, 6.07) is 2.00. The normalized spacial score (nSPS) is 13.7. The Balaban J connectivity index is 1.96. The molecule has 0 spiro atoms. The summed E-state index contributed by atoms with van der Waals surface area (Å²) in [5, 5.41) is 13.8. The predicted molar refractivity (Wildman–Crippen MR) is 125 cm³/mol. The molecule has 0 saturated heterocycles. The summed E-state index contributed by atoms with van der Waals surface area (Å²) in [6.07, 6.45) is 3.56. The van der Waals surface area contributed by atoms with E-state index in [0.29, 0.717) is 27.2 Å². The molecule has 3 aromatic rings. The fourth-order valence-corrected chi connectivity index (χ4v) is 5.24. The summed E-state index contributed by atoms with van der Waals surface area (Å²) in [5.74, 6) is 1.01. The average Bonchev–Trinajstić information content (AvgIpc) is 3.06. The van der Waals surface area contributed by atoms with E-state index >= 15 is 0 Å². The van der Waals surface area contributed by atoms with Crippen LogP contribution in [0.15, 0.2) is 22.2 Å². The summed E-state index contributed by atoms with van der Waals surface area (Å²) in [4.78, 5) is 28.6. The maximum atomic E-state index is 12.0. The lowest BCUT2D eigenvalue weighted by atomic mass is 10.0. The molecule has 0 bridgehead atoms. The number of pyridine rings is 1. The molecule has 0 aliphatic rings. The molecule has 0 aliphatic heterocycles. The van der Waals surface area contributed by atoms with Crippen molar-refractivity contribution < 1.29 is 5.11 Å². The van der Waals surface area contributed by atoms with Crippen LogP contribution in [0.2, 0.25) is 0 Å². The lowest BCUT2D eigenvalue weighted by Gasteiger charge is -2.20. The molecule has 3 heterocycles. The molecule has 3 rings (SSSR count). The molecule has 0 fully saturated rings. The van der Waals surface area contributed by atoms with Crippen molar-refractivity contribution in [2.45, 2.75) is 63.9 Å². The number of rotatable bonds is 9. The Morgan fingerprint density at radius 1 is 1.30 bits per heavy atom. The molecule has 0 radical (unpaired) electrons. The van der Waals surface area contributed by atoms with E-state index in [1.165, 1.54) is 0 Å². The molecule has 0 saturated carbocycles. The highest BCUT2D eigenvalue weighted by molar-refractivity contribution is 7.99. The minimum Gasteiger partial charge on any atom is -0.394 e. The molecule has 2 atom stereocenters. The predicted octanol–water partition coefficient (Wildman–Crippen LogP) is 4.45. The Kier molecular flexibility index (Phi) is 7.49. The highest BCUT2D eigenvalue weighted by Crippen LogP contribution is 2.38. The van der Waals surface area contributed by atoms with Gasteiger partial charge in [0.05, 0.1) is 23.6 Å². The number of fused-ring (bicyclic) bond motifs is 1. The van der Waals surface area contributed by atoms with Gasteiger partial charge in [0.25, 0.3) is 0 Å². The maximum Gasteiger partial charge on any atom is 0.306 e. The molecule has 0 amide bonds. The zero-order valence-corrected chi connectivity index (χ0v) is 19.7. The van der Waals surface area contributed by atoms with Crippen molar-refractivity contribution in [1.82, 2.24) is 19.9 Å². The highest BCUT2D eigenvalue weighted by atomic mass is 32.2. The van der Waals surface area contributed by atoms with E-state index in [9.17, 15) is 9.90 Å². The van der Waals surface area contributed by atoms with Crippen LogP contribution < -0.4 is 10.2 Å². The zero-order valence-electron chi connectivity index (χ0n) is 18.0. The van der Waals surface area contributed by atoms with Crippen molar-refractivity contribution in [1.29, 1.82) is 0 Å². The fraction of sp³-hybridized carbons (Fsp3) is 0.524. The van der Waals surface area contributed by atoms with Crippen LogP contribution in [0.3, 0.4) is 0 Å². The van der Waals surface area contributed by atoms with Gasteiger partial charge in [0.1, 0.15) is 4.70 Å². The zero-order chi connectivity index (χ0) is 21.8. The second kappa shape index (κ2) is 9.89. The first-order chi connectivity index (χ1) is 14.3. The van der Waals surface area contributed by atoms with Gasteiger partial charge in [-0.3, -0.25) is 14.8 Å². The van der Waals surface area contributed by atoms with Crippen LogP contribution in [0.25, 0.3) is 10.3 Å². The summed E-state index contributed by atoms with van der Waals surface area (Å²) in [7, 11) is 0. The molecule has 9 heteroatoms. The lowest BCUT2D eigenvalue weighted by Crippen LogP contribution is -2.26. The van der Waals surface area contributed by atoms with E-state index < -0.39 is 0 Å². The van der Waals surface area contributed by atoms with Crippen molar-refractivity contribution in [2.75, 3.05) is 11.9 Å². The SMILES string of the molecule is CCC(Sc1nc(N[C@@H](CO)CC(C)C)c2sc(=O)[nH]c2n1)c1ncc(C)cc1C. The summed E-state index contributed by atoms with van der Waals surface area (Å²) < 4.78 is 0.684. The van der Waals surface area contributed by atoms with E-state index in [4.69, 9.17) is 4.98 Å². The molecular formula is C21H29N5O2S2. The molecule has 30 heavy (non-hydrogen) atoms. The Bertz CT molecular complexity index is 1060. The number of aliphatic hydroxyl groups is 1. The van der Waals surface area contributed by atoms with Gasteiger partial charge < -0.3 is 10.4 Å². The van der Waals surface area contributed by atoms with Crippen LogP contribution in [0.1, 0.15) is 55.7 Å². The number of thiazole rings is 1. The second-order valence-electron chi connectivity index (χ2n) is 7.93. The maximum absolute atomic E-state index is 12.0. The third-order valence-corrected chi connectivity index (χ3v) is 6.87. The van der Waals surface area contributed by atoms with Gasteiger partial charge in [-0.05, 0) is 43.7 Å². The number of hydrogen-bond donors (Lipinski definition) is 3. The van der Waals surface area contributed by atoms with Crippen molar-refractivity contribution in [3.05, 3.63) is 38.8 Å². The van der Waals surface area contributed by atoms with Gasteiger partial charge in [-0.1, -0.05) is 49.9 Å². The molecule has 1 unspecified atom stereocenters. The van der Waals surface area contributed by atoms with Gasteiger partial charge in [0, 0.05) is 6.20 Å². The van der Waals surface area contributed by atoms with Gasteiger partial charge in [-0.25, -0.2) is 9.97 Å². The summed E-state index contributed by atoms with van der Waals surface area (Å²) in [6.45, 7) is 10.4. The van der Waals surface area contributed by atoms with Gasteiger partial charge in [-0.15, -0.1) is 0 Å². The average molecular weight is 448 g/mol. The van der Waals surface area contributed by atoms with E-state index in [-0.39, 0.29) is 22.8 Å². The standard InChI is InChI=1S/C21H29N5O2S2/c1-6-15(16-13(5)8-12(4)9-22-16)29-20-24-18(23-14(10-27)7-11(2)3)17-19(25-20)26-21(28)30-17/h8-9,11,14-15,27H,6-7,10H2,1-5H3,(H2,23,24,25,26,28)/t14-,15?/m1/s1. The number of aryl methyl sites for hydroxylation is 2. The Morgan fingerprint density at radius 3 is 2.70 bits per heavy atom. The number of anilines is 1. The minimum absolute atomic E-state index is 0.00442. The number of thioether (sulfide) groups is 1. The van der Waals surface area contributed by atoms with Crippen molar-refractivity contribution >= 4 is 39.3 Å².